The van der Waals surface area contributed by atoms with Gasteiger partial charge in [-0.3, -0.25) is 0 Å². The number of nitrogens with zero attached hydrogens (tertiary/aromatic N) is 3. The van der Waals surface area contributed by atoms with Gasteiger partial charge in [0.1, 0.15) is 18.0 Å². The minimum atomic E-state index is 0.0631. The summed E-state index contributed by atoms with van der Waals surface area (Å²) in [7, 11) is 0. The second-order valence-electron chi connectivity index (χ2n) is 6.16. The van der Waals surface area contributed by atoms with Crippen LogP contribution in [0.3, 0.4) is 0 Å². The fourth-order valence-corrected chi connectivity index (χ4v) is 3.25. The van der Waals surface area contributed by atoms with E-state index >= 15 is 0 Å². The number of hydrogen-bond donors (Lipinski definition) is 2. The summed E-state index contributed by atoms with van der Waals surface area (Å²) >= 11 is 0. The van der Waals surface area contributed by atoms with E-state index in [4.69, 9.17) is 10.5 Å². The molecular formula is C21H18N4O2. The number of phenols is 1. The first-order chi connectivity index (χ1) is 12.9. The maximum atomic E-state index is 9.90. The number of nitrogens with two attached hydrogens (primary N) is 1. The van der Waals surface area contributed by atoms with Crippen molar-refractivity contribution in [2.24, 2.45) is 0 Å². The van der Waals surface area contributed by atoms with Crippen molar-refractivity contribution >= 4 is 23.0 Å². The lowest BCUT2D eigenvalue weighted by atomic mass is 9.95. The Kier molecular flexibility index (Phi) is 4.58. The summed E-state index contributed by atoms with van der Waals surface area (Å²) in [5.74, 6) is 0.573. The van der Waals surface area contributed by atoms with Crippen LogP contribution in [0, 0.1) is 29.6 Å². The second-order valence-corrected chi connectivity index (χ2v) is 6.16. The fraction of sp³-hybridized carbons (Fsp3) is 0.190. The van der Waals surface area contributed by atoms with Gasteiger partial charge in [0.05, 0.1) is 23.4 Å². The van der Waals surface area contributed by atoms with E-state index in [1.165, 1.54) is 0 Å². The highest BCUT2D eigenvalue weighted by Gasteiger charge is 2.29. The molecule has 1 aromatic carbocycles. The summed E-state index contributed by atoms with van der Waals surface area (Å²) < 4.78 is 5.44. The van der Waals surface area contributed by atoms with E-state index in [1.54, 1.807) is 25.1 Å². The molecule has 3 N–H and O–H groups in total. The van der Waals surface area contributed by atoms with Crippen molar-refractivity contribution in [3.63, 3.8) is 0 Å². The van der Waals surface area contributed by atoms with Crippen molar-refractivity contribution in [3.8, 4) is 23.6 Å². The van der Waals surface area contributed by atoms with Gasteiger partial charge in [-0.05, 0) is 61.3 Å². The number of benzene rings is 1. The quantitative estimate of drug-likeness (QED) is 0.862. The zero-order valence-corrected chi connectivity index (χ0v) is 15.3. The van der Waals surface area contributed by atoms with Crippen molar-refractivity contribution < 1.29 is 9.84 Å². The van der Waals surface area contributed by atoms with Gasteiger partial charge in [0, 0.05) is 5.56 Å². The number of nitrogen functional groups attached to an aromatic ring is 1. The molecule has 1 aliphatic carbocycles. The molecule has 0 atom stereocenters. The molecule has 0 saturated carbocycles. The average Bonchev–Trinajstić information content (AvgIpc) is 2.89. The summed E-state index contributed by atoms with van der Waals surface area (Å²) in [6.45, 7) is 5.92. The van der Waals surface area contributed by atoms with Crippen LogP contribution in [-0.2, 0) is 0 Å². The number of fused-ring (bicyclic) bond motifs is 1. The van der Waals surface area contributed by atoms with Crippen molar-refractivity contribution in [2.45, 2.75) is 20.8 Å². The number of hydrogen-bond acceptors (Lipinski definition) is 6. The average molecular weight is 358 g/mol. The number of pyridine rings is 1. The van der Waals surface area contributed by atoms with Crippen LogP contribution in [0.4, 0.5) is 5.82 Å². The summed E-state index contributed by atoms with van der Waals surface area (Å²) in [4.78, 5) is 4.31. The van der Waals surface area contributed by atoms with Gasteiger partial charge >= 0.3 is 0 Å². The minimum Gasteiger partial charge on any atom is -0.504 e. The van der Waals surface area contributed by atoms with Crippen LogP contribution in [-0.4, -0.2) is 16.7 Å². The van der Waals surface area contributed by atoms with Crippen LogP contribution in [0.25, 0.3) is 17.2 Å². The fourth-order valence-electron chi connectivity index (χ4n) is 3.25. The van der Waals surface area contributed by atoms with E-state index in [1.807, 2.05) is 19.9 Å². The number of nitriles is 2. The molecule has 6 nitrogen and oxygen atoms in total. The zero-order chi connectivity index (χ0) is 19.7. The van der Waals surface area contributed by atoms with Crippen LogP contribution >= 0.6 is 0 Å². The van der Waals surface area contributed by atoms with Gasteiger partial charge in [0.15, 0.2) is 11.5 Å². The molecule has 1 heterocycles. The molecule has 134 valence electrons. The van der Waals surface area contributed by atoms with Gasteiger partial charge in [-0.1, -0.05) is 6.07 Å². The minimum absolute atomic E-state index is 0.0631. The Morgan fingerprint density at radius 1 is 1.26 bits per heavy atom. The van der Waals surface area contributed by atoms with Gasteiger partial charge < -0.3 is 15.6 Å². The van der Waals surface area contributed by atoms with Crippen LogP contribution in [0.5, 0.6) is 11.5 Å². The van der Waals surface area contributed by atoms with Crippen LogP contribution in [0.15, 0.2) is 23.8 Å². The van der Waals surface area contributed by atoms with Crippen molar-refractivity contribution in [3.05, 3.63) is 51.7 Å². The Morgan fingerprint density at radius 3 is 2.63 bits per heavy atom. The smallest absolute Gasteiger partial charge is 0.161 e. The largest absolute Gasteiger partial charge is 0.504 e. The van der Waals surface area contributed by atoms with E-state index in [2.05, 4.69) is 17.1 Å². The van der Waals surface area contributed by atoms with Gasteiger partial charge in [0.25, 0.3) is 0 Å². The highest BCUT2D eigenvalue weighted by atomic mass is 16.5. The van der Waals surface area contributed by atoms with E-state index in [9.17, 15) is 15.6 Å². The molecule has 0 aliphatic heterocycles. The third-order valence-electron chi connectivity index (χ3n) is 4.58. The van der Waals surface area contributed by atoms with Crippen molar-refractivity contribution in [2.75, 3.05) is 12.3 Å². The molecular weight excluding hydrogens is 340 g/mol. The number of aromatic hydroxyl groups is 1. The van der Waals surface area contributed by atoms with Crippen molar-refractivity contribution in [1.82, 2.24) is 4.98 Å². The number of ether oxygens (including phenoxy) is 1. The first-order valence-electron chi connectivity index (χ1n) is 8.42. The molecule has 6 heteroatoms. The zero-order valence-electron chi connectivity index (χ0n) is 15.3. The van der Waals surface area contributed by atoms with Gasteiger partial charge in [-0.25, -0.2) is 4.98 Å². The molecule has 0 spiro atoms. The first-order valence-corrected chi connectivity index (χ1v) is 8.42. The third-order valence-corrected chi connectivity index (χ3v) is 4.58. The summed E-state index contributed by atoms with van der Waals surface area (Å²) in [5.41, 5.74) is 11.0. The Hall–Kier alpha value is -3.77. The first kappa shape index (κ1) is 18.0. The molecule has 27 heavy (non-hydrogen) atoms. The van der Waals surface area contributed by atoms with Gasteiger partial charge in [-0.15, -0.1) is 0 Å². The Bertz CT molecular complexity index is 1100. The molecule has 2 aromatic rings. The highest BCUT2D eigenvalue weighted by molar-refractivity contribution is 6.08. The molecule has 0 bridgehead atoms. The molecule has 0 amide bonds. The Morgan fingerprint density at radius 2 is 2.00 bits per heavy atom. The topological polar surface area (TPSA) is 116 Å². The third kappa shape index (κ3) is 2.88. The number of anilines is 1. The highest BCUT2D eigenvalue weighted by Crippen LogP contribution is 2.44. The molecule has 3 rings (SSSR count). The normalized spacial score (nSPS) is 14.0. The SMILES string of the molecule is CCOc1cc(/C=C2/C(C)=C(C#N)c3nc(N)c(C#N)c(C)c32)ccc1O. The molecule has 1 aliphatic rings. The van der Waals surface area contributed by atoms with E-state index in [0.717, 1.165) is 22.3 Å². The lowest BCUT2D eigenvalue weighted by Crippen LogP contribution is -2.03. The number of rotatable bonds is 3. The molecule has 1 aromatic heterocycles. The lowest BCUT2D eigenvalue weighted by molar-refractivity contribution is 0.318. The van der Waals surface area contributed by atoms with Crippen LogP contribution in [0.1, 0.15) is 41.8 Å². The van der Waals surface area contributed by atoms with Gasteiger partial charge in [-0.2, -0.15) is 10.5 Å². The molecule has 0 fully saturated rings. The monoisotopic (exact) mass is 358 g/mol. The molecule has 0 radical (unpaired) electrons. The van der Waals surface area contributed by atoms with Gasteiger partial charge in [0.2, 0.25) is 0 Å². The van der Waals surface area contributed by atoms with Crippen molar-refractivity contribution in [1.29, 1.82) is 10.5 Å². The van der Waals surface area contributed by atoms with E-state index < -0.39 is 0 Å². The van der Waals surface area contributed by atoms with E-state index in [-0.39, 0.29) is 11.6 Å². The summed E-state index contributed by atoms with van der Waals surface area (Å²) in [5, 5.41) is 28.9. The number of phenolic OH excluding ortho intramolecular Hbond substituents is 1. The van der Waals surface area contributed by atoms with Crippen LogP contribution in [0.2, 0.25) is 0 Å². The number of allylic oxidation sites excluding steroid dienone is 3. The predicted octanol–water partition coefficient (Wildman–Crippen LogP) is 3.80. The predicted molar refractivity (Wildman–Crippen MR) is 103 cm³/mol. The maximum absolute atomic E-state index is 9.90. The number of aromatic nitrogens is 1. The maximum Gasteiger partial charge on any atom is 0.161 e. The summed E-state index contributed by atoms with van der Waals surface area (Å²) in [6.07, 6.45) is 1.90. The lowest BCUT2D eigenvalue weighted by Gasteiger charge is -2.11. The standard InChI is InChI=1S/C21H18N4O2/c1-4-27-18-8-13(5-6-17(18)26)7-14-11(2)15(9-22)20-19(14)12(3)16(10-23)21(24)25-20/h5-8,26H,4H2,1-3H3,(H2,24,25)/b14-7-. The Labute approximate surface area is 157 Å². The van der Waals surface area contributed by atoms with Crippen LogP contribution < -0.4 is 10.5 Å². The molecule has 0 unspecified atom stereocenters. The molecule has 0 saturated heterocycles. The Balaban J connectivity index is 2.26. The second kappa shape index (κ2) is 6.86. The van der Waals surface area contributed by atoms with E-state index in [0.29, 0.717) is 34.8 Å². The summed E-state index contributed by atoms with van der Waals surface area (Å²) in [6, 6.07) is 9.33.